The number of halogens is 3. The van der Waals surface area contributed by atoms with Crippen LogP contribution in [0.4, 0.5) is 18.9 Å². The number of nitrogens with zero attached hydrogens (tertiary/aromatic N) is 2. The molecular formula is C16H12F3N3O3. The third kappa shape index (κ3) is 5.13. The molecule has 2 rings (SSSR count). The molecule has 1 amide bonds. The van der Waals surface area contributed by atoms with Gasteiger partial charge >= 0.3 is 6.18 Å². The van der Waals surface area contributed by atoms with Crippen molar-refractivity contribution in [3.8, 4) is 0 Å². The normalized spacial score (nSPS) is 11.5. The summed E-state index contributed by atoms with van der Waals surface area (Å²) >= 11 is 0. The molecule has 1 N–H and O–H groups in total. The van der Waals surface area contributed by atoms with E-state index >= 15 is 0 Å². The van der Waals surface area contributed by atoms with Crippen LogP contribution >= 0.6 is 0 Å². The van der Waals surface area contributed by atoms with Crippen LogP contribution < -0.4 is 5.43 Å². The van der Waals surface area contributed by atoms with Crippen LogP contribution in [-0.2, 0) is 17.4 Å². The van der Waals surface area contributed by atoms with Crippen LogP contribution in [0.15, 0.2) is 53.6 Å². The van der Waals surface area contributed by atoms with Gasteiger partial charge < -0.3 is 0 Å². The van der Waals surface area contributed by atoms with E-state index < -0.39 is 22.6 Å². The average Bonchev–Trinajstić information content (AvgIpc) is 2.55. The highest BCUT2D eigenvalue weighted by atomic mass is 19.4. The summed E-state index contributed by atoms with van der Waals surface area (Å²) in [6.07, 6.45) is -3.49. The van der Waals surface area contributed by atoms with Crippen molar-refractivity contribution in [2.45, 2.75) is 12.6 Å². The van der Waals surface area contributed by atoms with Crippen LogP contribution in [0.5, 0.6) is 0 Å². The number of carbonyl (C=O) groups excluding carboxylic acids is 1. The second kappa shape index (κ2) is 7.56. The van der Waals surface area contributed by atoms with Crippen molar-refractivity contribution in [3.05, 3.63) is 75.3 Å². The topological polar surface area (TPSA) is 84.6 Å². The fourth-order valence-corrected chi connectivity index (χ4v) is 1.99. The molecule has 0 atom stereocenters. The molecule has 130 valence electrons. The number of hydrogen-bond donors (Lipinski definition) is 1. The Morgan fingerprint density at radius 1 is 1.16 bits per heavy atom. The minimum absolute atomic E-state index is 0.177. The second-order valence-electron chi connectivity index (χ2n) is 4.98. The van der Waals surface area contributed by atoms with Crippen LogP contribution in [0.1, 0.15) is 16.7 Å². The molecule has 0 heterocycles. The van der Waals surface area contributed by atoms with Gasteiger partial charge in [0, 0.05) is 11.6 Å². The van der Waals surface area contributed by atoms with Crippen LogP contribution in [-0.4, -0.2) is 17.0 Å². The monoisotopic (exact) mass is 351 g/mol. The number of nitrogens with one attached hydrogen (secondary N) is 1. The highest BCUT2D eigenvalue weighted by Crippen LogP contribution is 2.28. The summed E-state index contributed by atoms with van der Waals surface area (Å²) in [5, 5.41) is 14.5. The van der Waals surface area contributed by atoms with Gasteiger partial charge in [-0.15, -0.1) is 0 Å². The van der Waals surface area contributed by atoms with E-state index in [1.54, 1.807) is 6.07 Å². The fourth-order valence-electron chi connectivity index (χ4n) is 1.99. The maximum absolute atomic E-state index is 12.4. The molecule has 2 aromatic carbocycles. The Hall–Kier alpha value is -3.23. The summed E-state index contributed by atoms with van der Waals surface area (Å²) in [7, 11) is 0. The van der Waals surface area contributed by atoms with Crippen LogP contribution in [0.2, 0.25) is 0 Å². The molecule has 0 saturated heterocycles. The molecule has 0 radical (unpaired) electrons. The zero-order valence-corrected chi connectivity index (χ0v) is 12.7. The Morgan fingerprint density at radius 2 is 1.80 bits per heavy atom. The SMILES string of the molecule is O=C(Cc1ccccc1[N+](=O)[O-])N/N=C/c1ccc(C(F)(F)F)cc1. The molecule has 0 fully saturated rings. The predicted molar refractivity (Wildman–Crippen MR) is 84.0 cm³/mol. The third-order valence-electron chi connectivity index (χ3n) is 3.18. The molecule has 0 saturated carbocycles. The van der Waals surface area contributed by atoms with Crippen LogP contribution in [0.3, 0.4) is 0 Å². The van der Waals surface area contributed by atoms with Gasteiger partial charge in [0.15, 0.2) is 0 Å². The first-order chi connectivity index (χ1) is 11.8. The Morgan fingerprint density at radius 3 is 2.40 bits per heavy atom. The van der Waals surface area contributed by atoms with Gasteiger partial charge in [-0.25, -0.2) is 5.43 Å². The molecule has 0 aliphatic heterocycles. The number of benzene rings is 2. The molecule has 0 unspecified atom stereocenters. The Balaban J connectivity index is 1.96. The van der Waals surface area contributed by atoms with Crippen molar-refractivity contribution < 1.29 is 22.9 Å². The van der Waals surface area contributed by atoms with E-state index in [1.807, 2.05) is 0 Å². The van der Waals surface area contributed by atoms with E-state index in [2.05, 4.69) is 10.5 Å². The van der Waals surface area contributed by atoms with E-state index in [-0.39, 0.29) is 17.7 Å². The fraction of sp³-hybridized carbons (Fsp3) is 0.125. The van der Waals surface area contributed by atoms with Gasteiger partial charge in [0.2, 0.25) is 5.91 Å². The zero-order valence-electron chi connectivity index (χ0n) is 12.7. The van der Waals surface area contributed by atoms with Crippen molar-refractivity contribution in [1.82, 2.24) is 5.43 Å². The number of hydrogen-bond acceptors (Lipinski definition) is 4. The molecule has 2 aromatic rings. The van der Waals surface area contributed by atoms with Crippen molar-refractivity contribution in [3.63, 3.8) is 0 Å². The predicted octanol–water partition coefficient (Wildman–Crippen LogP) is 3.31. The lowest BCUT2D eigenvalue weighted by molar-refractivity contribution is -0.385. The van der Waals surface area contributed by atoms with Crippen LogP contribution in [0, 0.1) is 10.1 Å². The van der Waals surface area contributed by atoms with E-state index in [4.69, 9.17) is 0 Å². The summed E-state index contributed by atoms with van der Waals surface area (Å²) in [6.45, 7) is 0. The minimum atomic E-state index is -4.42. The number of nitro benzene ring substituents is 1. The van der Waals surface area contributed by atoms with Gasteiger partial charge in [0.1, 0.15) is 0 Å². The van der Waals surface area contributed by atoms with E-state index in [0.717, 1.165) is 12.1 Å². The summed E-state index contributed by atoms with van der Waals surface area (Å²) in [6, 6.07) is 10.0. The number of nitro groups is 1. The molecule has 0 spiro atoms. The maximum atomic E-state index is 12.4. The molecule has 0 aliphatic rings. The van der Waals surface area contributed by atoms with Crippen molar-refractivity contribution in [1.29, 1.82) is 0 Å². The lowest BCUT2D eigenvalue weighted by Crippen LogP contribution is -2.20. The van der Waals surface area contributed by atoms with E-state index in [9.17, 15) is 28.1 Å². The highest BCUT2D eigenvalue weighted by Gasteiger charge is 2.29. The van der Waals surface area contributed by atoms with Gasteiger partial charge in [-0.3, -0.25) is 14.9 Å². The zero-order chi connectivity index (χ0) is 18.4. The van der Waals surface area contributed by atoms with Crippen LogP contribution in [0.25, 0.3) is 0 Å². The smallest absolute Gasteiger partial charge is 0.273 e. The Bertz CT molecular complexity index is 802. The van der Waals surface area contributed by atoms with Crippen molar-refractivity contribution in [2.75, 3.05) is 0 Å². The van der Waals surface area contributed by atoms with Gasteiger partial charge in [-0.2, -0.15) is 18.3 Å². The molecule has 0 bridgehead atoms. The summed E-state index contributed by atoms with van der Waals surface area (Å²) < 4.78 is 37.3. The standard InChI is InChI=1S/C16H12F3N3O3/c17-16(18,19)13-7-5-11(6-8-13)10-20-21-15(23)9-12-3-1-2-4-14(12)22(24)25/h1-8,10H,9H2,(H,21,23)/b20-10+. The quantitative estimate of drug-likeness (QED) is 0.509. The molecule has 25 heavy (non-hydrogen) atoms. The molecular weight excluding hydrogens is 339 g/mol. The third-order valence-corrected chi connectivity index (χ3v) is 3.18. The minimum Gasteiger partial charge on any atom is -0.273 e. The van der Waals surface area contributed by atoms with Gasteiger partial charge in [0.05, 0.1) is 23.1 Å². The second-order valence-corrected chi connectivity index (χ2v) is 4.98. The summed E-state index contributed by atoms with van der Waals surface area (Å²) in [4.78, 5) is 22.0. The van der Waals surface area contributed by atoms with E-state index in [0.29, 0.717) is 5.56 Å². The number of hydrazone groups is 1. The van der Waals surface area contributed by atoms with E-state index in [1.165, 1.54) is 36.5 Å². The lowest BCUT2D eigenvalue weighted by atomic mass is 10.1. The first-order valence-corrected chi connectivity index (χ1v) is 6.99. The molecule has 9 heteroatoms. The van der Waals surface area contributed by atoms with Gasteiger partial charge in [-0.05, 0) is 17.7 Å². The number of amides is 1. The Labute approximate surface area is 140 Å². The Kier molecular flexibility index (Phi) is 5.48. The summed E-state index contributed by atoms with van der Waals surface area (Å²) in [5.74, 6) is -0.586. The first kappa shape index (κ1) is 18.1. The summed E-state index contributed by atoms with van der Waals surface area (Å²) in [5.41, 5.74) is 1.80. The molecule has 6 nitrogen and oxygen atoms in total. The average molecular weight is 351 g/mol. The number of carbonyl (C=O) groups is 1. The van der Waals surface area contributed by atoms with Crippen molar-refractivity contribution in [2.24, 2.45) is 5.10 Å². The van der Waals surface area contributed by atoms with Gasteiger partial charge in [0.25, 0.3) is 5.69 Å². The number of rotatable bonds is 5. The van der Waals surface area contributed by atoms with Gasteiger partial charge in [-0.1, -0.05) is 30.3 Å². The number of para-hydroxylation sites is 1. The highest BCUT2D eigenvalue weighted by molar-refractivity contribution is 5.83. The largest absolute Gasteiger partial charge is 0.416 e. The number of alkyl halides is 3. The lowest BCUT2D eigenvalue weighted by Gasteiger charge is -2.05. The first-order valence-electron chi connectivity index (χ1n) is 6.99. The molecule has 0 aromatic heterocycles. The van der Waals surface area contributed by atoms with Crippen molar-refractivity contribution >= 4 is 17.8 Å². The maximum Gasteiger partial charge on any atom is 0.416 e. The molecule has 0 aliphatic carbocycles.